The predicted molar refractivity (Wildman–Crippen MR) is 303 cm³/mol. The van der Waals surface area contributed by atoms with Crippen molar-refractivity contribution >= 4 is 5.91 Å². The van der Waals surface area contributed by atoms with Crippen LogP contribution in [0.4, 0.5) is 17.6 Å². The number of halogens is 4. The molecule has 9 nitrogen and oxygen atoms in total. The van der Waals surface area contributed by atoms with Crippen LogP contribution in [0.1, 0.15) is 51.4 Å². The van der Waals surface area contributed by atoms with E-state index >= 15 is 0 Å². The Hall–Kier alpha value is -7.97. The van der Waals surface area contributed by atoms with E-state index in [9.17, 15) is 22.4 Å². The van der Waals surface area contributed by atoms with E-state index in [2.05, 4.69) is 55.6 Å². The molecule has 0 aliphatic carbocycles. The molecule has 0 saturated heterocycles. The fourth-order valence-corrected chi connectivity index (χ4v) is 5.46. The van der Waals surface area contributed by atoms with Crippen LogP contribution in [0.2, 0.25) is 0 Å². The van der Waals surface area contributed by atoms with Gasteiger partial charge < -0.3 is 41.0 Å². The molecule has 0 unspecified atom stereocenters. The molecule has 7 N–H and O–H groups in total. The lowest BCUT2D eigenvalue weighted by Crippen LogP contribution is -2.38. The second kappa shape index (κ2) is 48.0. The van der Waals surface area contributed by atoms with Gasteiger partial charge in [0.1, 0.15) is 36.2 Å². The van der Waals surface area contributed by atoms with Gasteiger partial charge in [-0.3, -0.25) is 22.4 Å². The molecule has 0 bridgehead atoms. The van der Waals surface area contributed by atoms with Crippen LogP contribution in [0.5, 0.6) is 23.0 Å². The van der Waals surface area contributed by atoms with Crippen LogP contribution in [0.25, 0.3) is 0 Å². The lowest BCUT2D eigenvalue weighted by molar-refractivity contribution is -0.119. The number of primary amides is 1. The van der Waals surface area contributed by atoms with Crippen LogP contribution in [0.3, 0.4) is 0 Å². The number of aliphatic hydroxyl groups is 2. The molecule has 13 heteroatoms. The number of carbonyl (C=O) groups excluding carboxylic acids is 1. The summed E-state index contributed by atoms with van der Waals surface area (Å²) in [5, 5.41) is 38.2. The third-order valence-electron chi connectivity index (χ3n) is 9.60. The lowest BCUT2D eigenvalue weighted by atomic mass is 10.2. The predicted octanol–water partition coefficient (Wildman–Crippen LogP) is 13.9. The summed E-state index contributed by atoms with van der Waals surface area (Å²) in [7, 11) is 2.00. The molecule has 0 aliphatic rings. The minimum atomic E-state index is -0.372. The first-order valence-electron chi connectivity index (χ1n) is 23.8. The molecule has 0 fully saturated rings. The van der Waals surface area contributed by atoms with Gasteiger partial charge in [0.05, 0.1) is 48.0 Å². The first-order valence-corrected chi connectivity index (χ1v) is 23.8. The average molecular weight is 1050 g/mol. The number of nitrogens with one attached hydrogen (secondary N) is 1. The average Bonchev–Trinajstić information content (AvgIpc) is 3.49. The van der Waals surface area contributed by atoms with Crippen molar-refractivity contribution in [1.82, 2.24) is 5.32 Å². The van der Waals surface area contributed by atoms with Crippen molar-refractivity contribution in [3.63, 3.8) is 0 Å². The van der Waals surface area contributed by atoms with E-state index < -0.39 is 0 Å². The molecular formula is C63H78F4N2O7. The number of rotatable bonds is 12. The fraction of sp³-hybridized carbons (Fsp3) is 0.222. The molecule has 8 rings (SSSR count). The minimum Gasteiger partial charge on any atom is -0.508 e. The van der Waals surface area contributed by atoms with E-state index in [1.807, 2.05) is 153 Å². The molecule has 410 valence electrons. The van der Waals surface area contributed by atoms with Crippen LogP contribution < -0.4 is 20.5 Å². The van der Waals surface area contributed by atoms with E-state index in [4.69, 9.17) is 35.6 Å². The molecule has 8 aromatic carbocycles. The second-order valence-electron chi connectivity index (χ2n) is 15.5. The number of nitrogens with two attached hydrogens (primary N) is 1. The van der Waals surface area contributed by atoms with E-state index in [1.54, 1.807) is 43.3 Å². The molecule has 0 aliphatic heterocycles. The van der Waals surface area contributed by atoms with E-state index in [-0.39, 0.29) is 30.9 Å². The topological polar surface area (TPSA) is 154 Å². The number of carbonyl (C=O) groups is 1. The number of ether oxygens (including phenoxy) is 2. The summed E-state index contributed by atoms with van der Waals surface area (Å²) in [5.74, 6) is 1.93. The Kier molecular flexibility index (Phi) is 44.3. The summed E-state index contributed by atoms with van der Waals surface area (Å²) in [4.78, 5) is 10.7. The molecule has 0 spiro atoms. The van der Waals surface area contributed by atoms with Gasteiger partial charge in [0.15, 0.2) is 0 Å². The standard InChI is InChI=1S/C14H14O2.C14H14O.C10H14N2O2.2C7H8O.C7H8.4CH3F/c15-10-12-6-8-14(9-7-12)16-11-13-4-2-1-3-5-13;1-12-7-9-14(10-8-12)15-11-13-5-3-2-4-6-13;1-7(10(11)14)12-6-8-2-4-9(13)5-3-8;1-6-2-4-7(8)5-3-6;8-6-7-4-2-1-3-5-7;1-7-5-3-2-4-6-7;4*1-2/h1-9,15H,10-11H2;2-10H,11H2,1H3;2-5,7,12-13H,6H2,1H3,(H2,11,14);2-5,8H,1H3;1-5,8H,6H2;2-6H,1H3;4*1H3/t;;7-;;;;;;;/m..0......./s1. The monoisotopic (exact) mass is 1050 g/mol. The smallest absolute Gasteiger partial charge is 0.234 e. The molecule has 0 aromatic heterocycles. The number of phenols is 2. The molecule has 0 heterocycles. The minimum absolute atomic E-state index is 0.0684. The van der Waals surface area contributed by atoms with Gasteiger partial charge in [0, 0.05) is 6.54 Å². The summed E-state index contributed by atoms with van der Waals surface area (Å²) in [6, 6.07) is 69.1. The zero-order chi connectivity index (χ0) is 57.2. The lowest BCUT2D eigenvalue weighted by Gasteiger charge is -2.09. The Morgan fingerprint density at radius 2 is 0.697 bits per heavy atom. The summed E-state index contributed by atoms with van der Waals surface area (Å²) >= 11 is 0. The Morgan fingerprint density at radius 3 is 1.00 bits per heavy atom. The number of aromatic hydroxyl groups is 2. The highest BCUT2D eigenvalue weighted by Crippen LogP contribution is 2.15. The molecule has 1 atom stereocenters. The number of aryl methyl sites for hydroxylation is 3. The van der Waals surface area contributed by atoms with Crippen LogP contribution >= 0.6 is 0 Å². The Bertz CT molecular complexity index is 2470. The molecule has 1 amide bonds. The zero-order valence-electron chi connectivity index (χ0n) is 45.0. The van der Waals surface area contributed by atoms with Gasteiger partial charge in [0.2, 0.25) is 5.91 Å². The zero-order valence-corrected chi connectivity index (χ0v) is 45.0. The van der Waals surface area contributed by atoms with E-state index in [0.717, 1.165) is 33.8 Å². The van der Waals surface area contributed by atoms with Gasteiger partial charge in [-0.05, 0) is 104 Å². The van der Waals surface area contributed by atoms with Crippen LogP contribution in [-0.4, -0.2) is 61.1 Å². The SMILES string of the molecule is CF.CF.CF.CF.C[C@H](NCc1ccc(O)cc1)C(N)=O.Cc1ccc(O)cc1.Cc1ccc(OCc2ccccc2)cc1.Cc1ccccc1.OCc1ccc(OCc2ccccc2)cc1.OCc1ccccc1. The van der Waals surface area contributed by atoms with Crippen molar-refractivity contribution in [2.75, 3.05) is 28.7 Å². The number of hydrogen-bond acceptors (Lipinski definition) is 8. The van der Waals surface area contributed by atoms with Crippen molar-refractivity contribution in [2.24, 2.45) is 5.73 Å². The Morgan fingerprint density at radius 1 is 0.421 bits per heavy atom. The first kappa shape index (κ1) is 70.1. The van der Waals surface area contributed by atoms with Crippen molar-refractivity contribution in [1.29, 1.82) is 0 Å². The van der Waals surface area contributed by atoms with E-state index in [1.165, 1.54) is 22.3 Å². The maximum atomic E-state index is 10.7. The fourth-order valence-electron chi connectivity index (χ4n) is 5.46. The second-order valence-corrected chi connectivity index (χ2v) is 15.5. The quantitative estimate of drug-likeness (QED) is 0.0661. The number of amides is 1. The highest BCUT2D eigenvalue weighted by atomic mass is 19.1. The molecule has 8 aromatic rings. The third-order valence-corrected chi connectivity index (χ3v) is 9.60. The van der Waals surface area contributed by atoms with Crippen LogP contribution in [0.15, 0.2) is 218 Å². The van der Waals surface area contributed by atoms with Crippen LogP contribution in [0, 0.1) is 20.8 Å². The summed E-state index contributed by atoms with van der Waals surface area (Å²) in [5.41, 5.74) is 14.0. The maximum Gasteiger partial charge on any atom is 0.234 e. The summed E-state index contributed by atoms with van der Waals surface area (Å²) < 4.78 is 49.3. The van der Waals surface area contributed by atoms with Gasteiger partial charge in [-0.15, -0.1) is 0 Å². The van der Waals surface area contributed by atoms with Crippen molar-refractivity contribution in [3.8, 4) is 23.0 Å². The van der Waals surface area contributed by atoms with Gasteiger partial charge >= 0.3 is 0 Å². The van der Waals surface area contributed by atoms with Gasteiger partial charge in [-0.1, -0.05) is 187 Å². The number of benzene rings is 8. The highest BCUT2D eigenvalue weighted by Gasteiger charge is 2.06. The largest absolute Gasteiger partial charge is 0.508 e. The summed E-state index contributed by atoms with van der Waals surface area (Å²) in [6.45, 7) is 9.82. The number of phenolic OH excluding ortho intramolecular Hbond substituents is 2. The molecule has 0 saturated carbocycles. The Balaban J connectivity index is 0. The van der Waals surface area contributed by atoms with Crippen molar-refractivity contribution in [2.45, 2.75) is 66.7 Å². The number of alkyl halides is 4. The first-order chi connectivity index (χ1) is 36.9. The van der Waals surface area contributed by atoms with Gasteiger partial charge in [-0.2, -0.15) is 0 Å². The molecule has 76 heavy (non-hydrogen) atoms. The van der Waals surface area contributed by atoms with Gasteiger partial charge in [-0.25, -0.2) is 0 Å². The highest BCUT2D eigenvalue weighted by molar-refractivity contribution is 5.79. The molecular weight excluding hydrogens is 973 g/mol. The summed E-state index contributed by atoms with van der Waals surface area (Å²) in [6.07, 6.45) is 0. The third kappa shape index (κ3) is 36.9. The maximum absolute atomic E-state index is 10.7. The van der Waals surface area contributed by atoms with Gasteiger partial charge in [0.25, 0.3) is 0 Å². The number of aliphatic hydroxyl groups excluding tert-OH is 2. The van der Waals surface area contributed by atoms with Crippen molar-refractivity contribution in [3.05, 3.63) is 263 Å². The van der Waals surface area contributed by atoms with Crippen LogP contribution in [-0.2, 0) is 37.8 Å². The Labute approximate surface area is 448 Å². The van der Waals surface area contributed by atoms with E-state index in [0.29, 0.717) is 54.2 Å². The normalized spacial score (nSPS) is 9.39. The van der Waals surface area contributed by atoms with Crippen molar-refractivity contribution < 1.29 is 52.3 Å². The molecule has 0 radical (unpaired) electrons. The number of hydrogen-bond donors (Lipinski definition) is 6.